The molecule has 1 spiro atoms. The second kappa shape index (κ2) is 8.76. The molecule has 2 saturated heterocycles. The largest absolute Gasteiger partial charge is 0.306 e. The van der Waals surface area contributed by atoms with Gasteiger partial charge >= 0.3 is 0 Å². The summed E-state index contributed by atoms with van der Waals surface area (Å²) in [6.45, 7) is 22.1. The van der Waals surface area contributed by atoms with Gasteiger partial charge in [0.25, 0.3) is 0 Å². The molecule has 2 aliphatic heterocycles. The highest BCUT2D eigenvalue weighted by molar-refractivity contribution is 5.02. The fraction of sp³-hybridized carbons (Fsp3) is 1.00. The predicted octanol–water partition coefficient (Wildman–Crippen LogP) is 4.16. The monoisotopic (exact) mass is 406 g/mol. The number of hydrogen-bond donors (Lipinski definition) is 0. The summed E-state index contributed by atoms with van der Waals surface area (Å²) in [4.78, 5) is 10.6. The third-order valence-electron chi connectivity index (χ3n) is 9.00. The zero-order valence-corrected chi connectivity index (χ0v) is 20.9. The zero-order valence-electron chi connectivity index (χ0n) is 20.9. The van der Waals surface area contributed by atoms with Gasteiger partial charge in [-0.1, -0.05) is 0 Å². The minimum atomic E-state index is 0.310. The Kier molecular flexibility index (Phi) is 7.10. The summed E-state index contributed by atoms with van der Waals surface area (Å²) in [5, 5.41) is 0. The molecule has 3 rings (SSSR count). The molecule has 3 aliphatic rings. The number of piperidine rings is 1. The Morgan fingerprint density at radius 2 is 1.24 bits per heavy atom. The molecule has 0 unspecified atom stereocenters. The van der Waals surface area contributed by atoms with E-state index in [1.807, 2.05) is 0 Å². The smallest absolute Gasteiger partial charge is 0.0155 e. The van der Waals surface area contributed by atoms with Crippen molar-refractivity contribution in [2.75, 3.05) is 53.4 Å². The Bertz CT molecular complexity index is 515. The van der Waals surface area contributed by atoms with Gasteiger partial charge in [0.15, 0.2) is 0 Å². The molecule has 0 aromatic carbocycles. The summed E-state index contributed by atoms with van der Waals surface area (Å²) >= 11 is 0. The van der Waals surface area contributed by atoms with E-state index in [9.17, 15) is 0 Å². The molecule has 0 bridgehead atoms. The maximum absolute atomic E-state index is 2.81. The van der Waals surface area contributed by atoms with Crippen molar-refractivity contribution < 1.29 is 0 Å². The Labute approximate surface area is 182 Å². The first-order valence-electron chi connectivity index (χ1n) is 12.3. The Morgan fingerprint density at radius 3 is 1.66 bits per heavy atom. The van der Waals surface area contributed by atoms with Crippen LogP contribution in [-0.4, -0.2) is 96.1 Å². The van der Waals surface area contributed by atoms with E-state index in [1.54, 1.807) is 0 Å². The molecule has 170 valence electrons. The first-order chi connectivity index (χ1) is 13.4. The molecule has 0 atom stereocenters. The van der Waals surface area contributed by atoms with Gasteiger partial charge in [0, 0.05) is 49.3 Å². The van der Waals surface area contributed by atoms with Crippen molar-refractivity contribution >= 4 is 0 Å². The molecule has 0 aromatic heterocycles. The van der Waals surface area contributed by atoms with E-state index in [0.717, 1.165) is 6.04 Å². The highest BCUT2D eigenvalue weighted by Crippen LogP contribution is 2.51. The maximum atomic E-state index is 2.81. The lowest BCUT2D eigenvalue weighted by Gasteiger charge is -2.56. The molecule has 0 aromatic rings. The molecule has 0 N–H and O–H groups in total. The van der Waals surface area contributed by atoms with Gasteiger partial charge in [0.2, 0.25) is 0 Å². The Morgan fingerprint density at radius 1 is 0.793 bits per heavy atom. The first-order valence-corrected chi connectivity index (χ1v) is 12.3. The molecule has 2 heterocycles. The standard InChI is InChI=1S/C25H50N4/c1-21(2)27-15-17-29(18-16-27)24(5,6)10-9-23(3,4)28-13-11-25(12-14-28)19-22(20-25)26(7)8/h21-22H,9-20H2,1-8H3. The van der Waals surface area contributed by atoms with Gasteiger partial charge in [-0.2, -0.15) is 0 Å². The molecule has 1 saturated carbocycles. The summed E-state index contributed by atoms with van der Waals surface area (Å²) < 4.78 is 0. The molecular formula is C25H50N4. The van der Waals surface area contributed by atoms with Gasteiger partial charge in [-0.3, -0.25) is 14.7 Å². The van der Waals surface area contributed by atoms with Crippen LogP contribution >= 0.6 is 0 Å². The molecule has 29 heavy (non-hydrogen) atoms. The van der Waals surface area contributed by atoms with Gasteiger partial charge in [0.05, 0.1) is 0 Å². The molecule has 0 amide bonds. The lowest BCUT2D eigenvalue weighted by atomic mass is 9.60. The van der Waals surface area contributed by atoms with Crippen LogP contribution in [-0.2, 0) is 0 Å². The second-order valence-corrected chi connectivity index (χ2v) is 12.3. The van der Waals surface area contributed by atoms with Crippen LogP contribution in [0.3, 0.4) is 0 Å². The van der Waals surface area contributed by atoms with Gasteiger partial charge < -0.3 is 4.90 Å². The van der Waals surface area contributed by atoms with Crippen LogP contribution in [0.5, 0.6) is 0 Å². The molecular weight excluding hydrogens is 356 g/mol. The Hall–Kier alpha value is -0.160. The molecule has 4 heteroatoms. The normalized spacial score (nSPS) is 25.9. The maximum Gasteiger partial charge on any atom is 0.0155 e. The number of rotatable bonds is 7. The number of nitrogens with zero attached hydrogens (tertiary/aromatic N) is 4. The fourth-order valence-corrected chi connectivity index (χ4v) is 6.07. The number of hydrogen-bond acceptors (Lipinski definition) is 4. The van der Waals surface area contributed by atoms with Crippen molar-refractivity contribution in [1.82, 2.24) is 19.6 Å². The molecule has 1 aliphatic carbocycles. The van der Waals surface area contributed by atoms with Crippen LogP contribution in [0.25, 0.3) is 0 Å². The minimum Gasteiger partial charge on any atom is -0.306 e. The van der Waals surface area contributed by atoms with E-state index >= 15 is 0 Å². The summed E-state index contributed by atoms with van der Waals surface area (Å²) in [7, 11) is 4.50. The van der Waals surface area contributed by atoms with Gasteiger partial charge in [-0.25, -0.2) is 0 Å². The summed E-state index contributed by atoms with van der Waals surface area (Å²) in [5.41, 5.74) is 1.31. The lowest BCUT2D eigenvalue weighted by Crippen LogP contribution is -2.58. The van der Waals surface area contributed by atoms with Gasteiger partial charge in [-0.15, -0.1) is 0 Å². The summed E-state index contributed by atoms with van der Waals surface area (Å²) in [6, 6.07) is 1.52. The molecule has 0 radical (unpaired) electrons. The minimum absolute atomic E-state index is 0.310. The average Bonchev–Trinajstić information content (AvgIpc) is 2.64. The van der Waals surface area contributed by atoms with E-state index in [-0.39, 0.29) is 0 Å². The van der Waals surface area contributed by atoms with Crippen molar-refractivity contribution in [1.29, 1.82) is 0 Å². The van der Waals surface area contributed by atoms with E-state index < -0.39 is 0 Å². The van der Waals surface area contributed by atoms with Crippen molar-refractivity contribution in [3.63, 3.8) is 0 Å². The van der Waals surface area contributed by atoms with E-state index in [4.69, 9.17) is 0 Å². The average molecular weight is 407 g/mol. The quantitative estimate of drug-likeness (QED) is 0.629. The highest BCUT2D eigenvalue weighted by Gasteiger charge is 2.48. The van der Waals surface area contributed by atoms with E-state index in [0.29, 0.717) is 22.5 Å². The second-order valence-electron chi connectivity index (χ2n) is 12.3. The van der Waals surface area contributed by atoms with Crippen LogP contribution < -0.4 is 0 Å². The van der Waals surface area contributed by atoms with Crippen molar-refractivity contribution in [3.8, 4) is 0 Å². The van der Waals surface area contributed by atoms with Crippen LogP contribution in [0, 0.1) is 5.41 Å². The predicted molar refractivity (Wildman–Crippen MR) is 126 cm³/mol. The van der Waals surface area contributed by atoms with Gasteiger partial charge in [0.1, 0.15) is 0 Å². The van der Waals surface area contributed by atoms with Crippen LogP contribution in [0.15, 0.2) is 0 Å². The van der Waals surface area contributed by atoms with Crippen molar-refractivity contribution in [3.05, 3.63) is 0 Å². The van der Waals surface area contributed by atoms with Gasteiger partial charge in [-0.05, 0) is 113 Å². The van der Waals surface area contributed by atoms with Crippen LogP contribution in [0.1, 0.15) is 80.1 Å². The molecule has 4 nitrogen and oxygen atoms in total. The third-order valence-corrected chi connectivity index (χ3v) is 9.00. The van der Waals surface area contributed by atoms with Crippen molar-refractivity contribution in [2.45, 2.75) is 103 Å². The third kappa shape index (κ3) is 5.37. The number of piperazine rings is 1. The number of likely N-dealkylation sites (tertiary alicyclic amines) is 1. The summed E-state index contributed by atoms with van der Waals surface area (Å²) in [6.07, 6.45) is 8.31. The van der Waals surface area contributed by atoms with E-state index in [1.165, 1.54) is 77.8 Å². The van der Waals surface area contributed by atoms with Crippen LogP contribution in [0.4, 0.5) is 0 Å². The SMILES string of the molecule is CC(C)N1CCN(C(C)(C)CCC(C)(C)N2CCC3(CC2)CC(N(C)C)C3)CC1. The topological polar surface area (TPSA) is 13.0 Å². The highest BCUT2D eigenvalue weighted by atomic mass is 15.3. The lowest BCUT2D eigenvalue weighted by molar-refractivity contribution is -0.0534. The van der Waals surface area contributed by atoms with Crippen molar-refractivity contribution in [2.24, 2.45) is 5.41 Å². The fourth-order valence-electron chi connectivity index (χ4n) is 6.07. The van der Waals surface area contributed by atoms with E-state index in [2.05, 4.69) is 75.2 Å². The first kappa shape index (κ1) is 23.5. The molecule has 3 fully saturated rings. The Balaban J connectivity index is 1.45. The zero-order chi connectivity index (χ0) is 21.4. The van der Waals surface area contributed by atoms with Crippen LogP contribution in [0.2, 0.25) is 0 Å². The summed E-state index contributed by atoms with van der Waals surface area (Å²) in [5.74, 6) is 0.